The van der Waals surface area contributed by atoms with Crippen LogP contribution in [0.2, 0.25) is 0 Å². The Morgan fingerprint density at radius 1 is 1.62 bits per heavy atom. The molecule has 0 saturated carbocycles. The van der Waals surface area contributed by atoms with Crippen LogP contribution in [0.15, 0.2) is 28.3 Å². The first-order valence-electron chi connectivity index (χ1n) is 2.24. The molecule has 0 aliphatic heterocycles. The SMILES string of the molecule is ClC=Cc1ccco1. The average Bonchev–Trinajstić information content (AvgIpc) is 2.19. The minimum atomic E-state index is 0.778. The van der Waals surface area contributed by atoms with Crippen LogP contribution in [0.3, 0.4) is 0 Å². The van der Waals surface area contributed by atoms with Crippen LogP contribution in [-0.2, 0) is 0 Å². The zero-order chi connectivity index (χ0) is 5.82. The second-order valence-corrected chi connectivity index (χ2v) is 1.56. The highest BCUT2D eigenvalue weighted by Gasteiger charge is 1.82. The van der Waals surface area contributed by atoms with Gasteiger partial charge in [0, 0.05) is 5.54 Å². The lowest BCUT2D eigenvalue weighted by Gasteiger charge is -1.75. The van der Waals surface area contributed by atoms with Crippen molar-refractivity contribution in [1.82, 2.24) is 0 Å². The maximum atomic E-state index is 5.25. The van der Waals surface area contributed by atoms with Crippen molar-refractivity contribution >= 4 is 17.7 Å². The number of hydrogen-bond acceptors (Lipinski definition) is 1. The highest BCUT2D eigenvalue weighted by molar-refractivity contribution is 6.27. The van der Waals surface area contributed by atoms with E-state index in [1.165, 1.54) is 5.54 Å². The Morgan fingerprint density at radius 3 is 3.00 bits per heavy atom. The van der Waals surface area contributed by atoms with Crippen LogP contribution in [0.4, 0.5) is 0 Å². The summed E-state index contributed by atoms with van der Waals surface area (Å²) < 4.78 is 4.90. The predicted molar refractivity (Wildman–Crippen MR) is 33.6 cm³/mol. The molecule has 0 unspecified atom stereocenters. The summed E-state index contributed by atoms with van der Waals surface area (Å²) in [4.78, 5) is 0. The fourth-order valence-electron chi connectivity index (χ4n) is 0.448. The fraction of sp³-hybridized carbons (Fsp3) is 0. The van der Waals surface area contributed by atoms with Gasteiger partial charge in [-0.3, -0.25) is 0 Å². The maximum absolute atomic E-state index is 5.25. The molecule has 1 heterocycles. The molecule has 8 heavy (non-hydrogen) atoms. The van der Waals surface area contributed by atoms with Crippen molar-refractivity contribution in [1.29, 1.82) is 0 Å². The zero-order valence-electron chi connectivity index (χ0n) is 4.17. The van der Waals surface area contributed by atoms with Gasteiger partial charge in [0.2, 0.25) is 0 Å². The molecule has 42 valence electrons. The van der Waals surface area contributed by atoms with Gasteiger partial charge in [0.25, 0.3) is 0 Å². The molecule has 1 aromatic heterocycles. The van der Waals surface area contributed by atoms with Crippen LogP contribution in [0.5, 0.6) is 0 Å². The summed E-state index contributed by atoms with van der Waals surface area (Å²) in [6.07, 6.45) is 3.29. The zero-order valence-corrected chi connectivity index (χ0v) is 4.93. The van der Waals surface area contributed by atoms with Gasteiger partial charge in [0.05, 0.1) is 6.26 Å². The van der Waals surface area contributed by atoms with E-state index >= 15 is 0 Å². The van der Waals surface area contributed by atoms with Gasteiger partial charge in [-0.1, -0.05) is 11.6 Å². The number of hydrogen-bond donors (Lipinski definition) is 0. The molecule has 0 saturated heterocycles. The van der Waals surface area contributed by atoms with E-state index < -0.39 is 0 Å². The van der Waals surface area contributed by atoms with Crippen LogP contribution in [0.1, 0.15) is 5.76 Å². The highest BCUT2D eigenvalue weighted by atomic mass is 35.5. The maximum Gasteiger partial charge on any atom is 0.127 e. The van der Waals surface area contributed by atoms with Crippen molar-refractivity contribution in [2.75, 3.05) is 0 Å². The molecule has 0 fully saturated rings. The van der Waals surface area contributed by atoms with Crippen LogP contribution in [-0.4, -0.2) is 0 Å². The second kappa shape index (κ2) is 2.58. The Hall–Kier alpha value is -0.690. The normalized spacial score (nSPS) is 10.6. The van der Waals surface area contributed by atoms with Crippen molar-refractivity contribution in [3.05, 3.63) is 29.7 Å². The quantitative estimate of drug-likeness (QED) is 0.567. The van der Waals surface area contributed by atoms with E-state index in [0.717, 1.165) is 5.76 Å². The summed E-state index contributed by atoms with van der Waals surface area (Å²) in [6.45, 7) is 0. The van der Waals surface area contributed by atoms with Crippen LogP contribution >= 0.6 is 11.6 Å². The van der Waals surface area contributed by atoms with Gasteiger partial charge >= 0.3 is 0 Å². The van der Waals surface area contributed by atoms with E-state index in [0.29, 0.717) is 0 Å². The van der Waals surface area contributed by atoms with Crippen molar-refractivity contribution < 1.29 is 4.42 Å². The number of halogens is 1. The summed E-state index contributed by atoms with van der Waals surface area (Å²) in [6, 6.07) is 3.64. The molecule has 2 heteroatoms. The van der Waals surface area contributed by atoms with Crippen molar-refractivity contribution in [2.45, 2.75) is 0 Å². The molecule has 1 aromatic rings. The summed E-state index contributed by atoms with van der Waals surface area (Å²) in [5.41, 5.74) is 1.42. The molecular weight excluding hydrogens is 124 g/mol. The molecule has 0 atom stereocenters. The monoisotopic (exact) mass is 128 g/mol. The third-order valence-electron chi connectivity index (χ3n) is 0.770. The van der Waals surface area contributed by atoms with E-state index in [-0.39, 0.29) is 0 Å². The van der Waals surface area contributed by atoms with Crippen molar-refractivity contribution in [3.8, 4) is 0 Å². The van der Waals surface area contributed by atoms with Gasteiger partial charge in [-0.15, -0.1) is 0 Å². The lowest BCUT2D eigenvalue weighted by atomic mass is 10.5. The Morgan fingerprint density at radius 2 is 2.50 bits per heavy atom. The first-order valence-corrected chi connectivity index (χ1v) is 2.67. The fourth-order valence-corrected chi connectivity index (χ4v) is 0.572. The molecule has 0 aliphatic rings. The molecule has 0 aliphatic carbocycles. The highest BCUT2D eigenvalue weighted by Crippen LogP contribution is 2.02. The molecule has 0 radical (unpaired) electrons. The lowest BCUT2D eigenvalue weighted by molar-refractivity contribution is 0.557. The van der Waals surface area contributed by atoms with E-state index in [4.69, 9.17) is 16.0 Å². The first kappa shape index (κ1) is 5.45. The molecule has 0 amide bonds. The summed E-state index contributed by atoms with van der Waals surface area (Å²) >= 11 is 5.25. The van der Waals surface area contributed by atoms with Gasteiger partial charge in [0.1, 0.15) is 5.76 Å². The second-order valence-electron chi connectivity index (χ2n) is 1.31. The van der Waals surface area contributed by atoms with Gasteiger partial charge < -0.3 is 4.42 Å². The average molecular weight is 129 g/mol. The van der Waals surface area contributed by atoms with Crippen LogP contribution < -0.4 is 0 Å². The Labute approximate surface area is 52.6 Å². The smallest absolute Gasteiger partial charge is 0.127 e. The van der Waals surface area contributed by atoms with E-state index in [9.17, 15) is 0 Å². The van der Waals surface area contributed by atoms with E-state index in [2.05, 4.69) is 0 Å². The molecule has 0 aromatic carbocycles. The Kier molecular flexibility index (Phi) is 1.75. The standard InChI is InChI=1S/C6H5ClO/c7-4-3-6-2-1-5-8-6/h1-5H. The van der Waals surface area contributed by atoms with E-state index in [1.807, 2.05) is 12.1 Å². The van der Waals surface area contributed by atoms with Crippen LogP contribution in [0.25, 0.3) is 6.08 Å². The van der Waals surface area contributed by atoms with Crippen molar-refractivity contribution in [2.24, 2.45) is 0 Å². The minimum Gasteiger partial charge on any atom is -0.465 e. The Bertz CT molecular complexity index is 165. The minimum absolute atomic E-state index is 0.778. The molecule has 1 rings (SSSR count). The van der Waals surface area contributed by atoms with Gasteiger partial charge in [0.15, 0.2) is 0 Å². The van der Waals surface area contributed by atoms with E-state index in [1.54, 1.807) is 12.3 Å². The summed E-state index contributed by atoms with van der Waals surface area (Å²) in [5, 5.41) is 0. The van der Waals surface area contributed by atoms with Crippen LogP contribution in [0, 0.1) is 0 Å². The van der Waals surface area contributed by atoms with Gasteiger partial charge in [-0.2, -0.15) is 0 Å². The topological polar surface area (TPSA) is 13.1 Å². The van der Waals surface area contributed by atoms with Gasteiger partial charge in [-0.05, 0) is 18.2 Å². The Balaban J connectivity index is 2.77. The molecular formula is C6H5ClO. The number of furan rings is 1. The molecule has 1 nitrogen and oxygen atoms in total. The van der Waals surface area contributed by atoms with Crippen molar-refractivity contribution in [3.63, 3.8) is 0 Å². The molecule has 0 N–H and O–H groups in total. The molecule has 0 bridgehead atoms. The number of rotatable bonds is 1. The summed E-state index contributed by atoms with van der Waals surface area (Å²) in [5.74, 6) is 0.778. The predicted octanol–water partition coefficient (Wildman–Crippen LogP) is 2.49. The largest absolute Gasteiger partial charge is 0.465 e. The third-order valence-corrected chi connectivity index (χ3v) is 0.896. The first-order chi connectivity index (χ1) is 3.93. The van der Waals surface area contributed by atoms with Gasteiger partial charge in [-0.25, -0.2) is 0 Å². The third kappa shape index (κ3) is 1.14. The summed E-state index contributed by atoms with van der Waals surface area (Å²) in [7, 11) is 0. The molecule has 0 spiro atoms. The lowest BCUT2D eigenvalue weighted by Crippen LogP contribution is -1.53.